The van der Waals surface area contributed by atoms with E-state index in [0.29, 0.717) is 13.0 Å². The number of carbonyl (C=O) groups excluding carboxylic acids is 2. The highest BCUT2D eigenvalue weighted by atomic mass is 32.1. The highest BCUT2D eigenvalue weighted by Gasteiger charge is 2.58. The molecule has 1 aromatic carbocycles. The molecule has 0 unspecified atom stereocenters. The molecule has 140 valence electrons. The van der Waals surface area contributed by atoms with Crippen molar-refractivity contribution in [2.75, 3.05) is 14.1 Å². The first kappa shape index (κ1) is 18.8. The van der Waals surface area contributed by atoms with E-state index in [1.807, 2.05) is 39.0 Å². The van der Waals surface area contributed by atoms with Crippen LogP contribution in [-0.4, -0.2) is 39.6 Å². The fraction of sp³-hybridized carbons (Fsp3) is 0.579. The first-order chi connectivity index (χ1) is 12.2. The van der Waals surface area contributed by atoms with Gasteiger partial charge in [-0.3, -0.25) is 9.59 Å². The topological polar surface area (TPSA) is 75.2 Å². The number of fused-ring (bicyclic) bond motifs is 1. The lowest BCUT2D eigenvalue weighted by molar-refractivity contribution is -0.142. The summed E-state index contributed by atoms with van der Waals surface area (Å²) in [6.07, 6.45) is 1.45. The molecule has 1 fully saturated rings. The zero-order valence-electron chi connectivity index (χ0n) is 16.0. The Kier molecular flexibility index (Phi) is 4.77. The Morgan fingerprint density at radius 2 is 1.92 bits per heavy atom. The molecule has 7 heteroatoms. The molecule has 0 spiro atoms. The average Bonchev–Trinajstić information content (AvgIpc) is 3.14. The predicted octanol–water partition coefficient (Wildman–Crippen LogP) is 2.84. The van der Waals surface area contributed by atoms with Gasteiger partial charge in [-0.25, -0.2) is 0 Å². The molecule has 1 aromatic heterocycles. The van der Waals surface area contributed by atoms with Gasteiger partial charge >= 0.3 is 0 Å². The van der Waals surface area contributed by atoms with Gasteiger partial charge in [-0.15, -0.1) is 0 Å². The number of nitrogens with one attached hydrogen (secondary N) is 1. The Morgan fingerprint density at radius 1 is 1.23 bits per heavy atom. The van der Waals surface area contributed by atoms with E-state index < -0.39 is 10.8 Å². The van der Waals surface area contributed by atoms with Crippen LogP contribution < -0.4 is 5.32 Å². The maximum atomic E-state index is 13.0. The number of hydrogen-bond acceptors (Lipinski definition) is 5. The highest BCUT2D eigenvalue weighted by molar-refractivity contribution is 7.00. The molecule has 0 bridgehead atoms. The monoisotopic (exact) mass is 374 g/mol. The molecule has 2 atom stereocenters. The number of rotatable bonds is 4. The van der Waals surface area contributed by atoms with Crippen LogP contribution in [0.3, 0.4) is 0 Å². The first-order valence-electron chi connectivity index (χ1n) is 8.87. The van der Waals surface area contributed by atoms with Crippen molar-refractivity contribution in [2.45, 2.75) is 40.2 Å². The van der Waals surface area contributed by atoms with Crippen molar-refractivity contribution in [1.29, 1.82) is 0 Å². The molecule has 1 N–H and O–H groups in total. The molecule has 6 nitrogen and oxygen atoms in total. The van der Waals surface area contributed by atoms with Gasteiger partial charge in [-0.05, 0) is 36.0 Å². The highest BCUT2D eigenvalue weighted by Crippen LogP contribution is 2.56. The zero-order chi connectivity index (χ0) is 19.1. The van der Waals surface area contributed by atoms with Gasteiger partial charge in [0.15, 0.2) is 0 Å². The zero-order valence-corrected chi connectivity index (χ0v) is 16.8. The third-order valence-corrected chi connectivity index (χ3v) is 6.79. The summed E-state index contributed by atoms with van der Waals surface area (Å²) in [5, 5.41) is 3.07. The van der Waals surface area contributed by atoms with Gasteiger partial charge in [0.1, 0.15) is 11.0 Å². The van der Waals surface area contributed by atoms with Crippen LogP contribution in [-0.2, 0) is 16.1 Å². The molecule has 3 rings (SSSR count). The number of hydrogen-bond donors (Lipinski definition) is 1. The van der Waals surface area contributed by atoms with Crippen LogP contribution >= 0.6 is 11.7 Å². The second-order valence-corrected chi connectivity index (χ2v) is 8.68. The molecule has 2 amide bonds. The van der Waals surface area contributed by atoms with Gasteiger partial charge in [-0.1, -0.05) is 26.8 Å². The molecule has 0 radical (unpaired) electrons. The molecule has 1 aliphatic rings. The summed E-state index contributed by atoms with van der Waals surface area (Å²) in [6, 6.07) is 5.84. The van der Waals surface area contributed by atoms with E-state index in [2.05, 4.69) is 14.1 Å². The van der Waals surface area contributed by atoms with Crippen LogP contribution in [0, 0.1) is 16.7 Å². The molecule has 26 heavy (non-hydrogen) atoms. The van der Waals surface area contributed by atoms with Crippen molar-refractivity contribution >= 4 is 34.6 Å². The Balaban J connectivity index is 1.73. The smallest absolute Gasteiger partial charge is 0.226 e. The molecular formula is C19H26N4O2S. The Morgan fingerprint density at radius 3 is 2.62 bits per heavy atom. The molecule has 0 saturated heterocycles. The molecule has 1 aliphatic carbocycles. The maximum Gasteiger partial charge on any atom is 0.226 e. The summed E-state index contributed by atoms with van der Waals surface area (Å²) in [6.45, 7) is 6.51. The lowest BCUT2D eigenvalue weighted by Gasteiger charge is -2.40. The quantitative estimate of drug-likeness (QED) is 0.893. The van der Waals surface area contributed by atoms with Crippen molar-refractivity contribution in [3.63, 3.8) is 0 Å². The standard InChI is InChI=1S/C19H26N4O2S/c1-18(2)13(16(24)23(4)5)8-9-19(18,3)17(25)20-11-12-6-7-14-15(10-12)22-26-21-14/h6-7,10,13H,8-9,11H2,1-5H3,(H,20,25)/t13-,19+/m0/s1. The normalized spacial score (nSPS) is 24.6. The van der Waals surface area contributed by atoms with Crippen molar-refractivity contribution in [3.05, 3.63) is 23.8 Å². The number of benzene rings is 1. The minimum absolute atomic E-state index is 0.00746. The molecule has 0 aliphatic heterocycles. The van der Waals surface area contributed by atoms with Crippen LogP contribution in [0.15, 0.2) is 18.2 Å². The minimum atomic E-state index is -0.574. The van der Waals surface area contributed by atoms with Crippen molar-refractivity contribution in [1.82, 2.24) is 19.0 Å². The third kappa shape index (κ3) is 2.98. The summed E-state index contributed by atoms with van der Waals surface area (Å²) in [5.41, 5.74) is 1.75. The Hall–Kier alpha value is -2.02. The summed E-state index contributed by atoms with van der Waals surface area (Å²) in [7, 11) is 3.55. The first-order valence-corrected chi connectivity index (χ1v) is 9.60. The van der Waals surface area contributed by atoms with E-state index in [0.717, 1.165) is 23.0 Å². The van der Waals surface area contributed by atoms with E-state index in [9.17, 15) is 9.59 Å². The second-order valence-electron chi connectivity index (χ2n) is 8.15. The van der Waals surface area contributed by atoms with E-state index >= 15 is 0 Å². The van der Waals surface area contributed by atoms with E-state index in [1.165, 1.54) is 11.7 Å². The lowest BCUT2D eigenvalue weighted by Crippen LogP contribution is -2.49. The van der Waals surface area contributed by atoms with Gasteiger partial charge in [-0.2, -0.15) is 8.75 Å². The second kappa shape index (κ2) is 6.61. The number of amides is 2. The van der Waals surface area contributed by atoms with Crippen molar-refractivity contribution < 1.29 is 9.59 Å². The Bertz CT molecular complexity index is 845. The number of aromatic nitrogens is 2. The Labute approximate surface area is 158 Å². The van der Waals surface area contributed by atoms with Crippen molar-refractivity contribution in [3.8, 4) is 0 Å². The summed E-state index contributed by atoms with van der Waals surface area (Å²) >= 11 is 1.19. The van der Waals surface area contributed by atoms with Crippen LogP contribution in [0.5, 0.6) is 0 Å². The van der Waals surface area contributed by atoms with Crippen LogP contribution in [0.4, 0.5) is 0 Å². The summed E-state index contributed by atoms with van der Waals surface area (Å²) in [4.78, 5) is 27.2. The van der Waals surface area contributed by atoms with Gasteiger partial charge in [0.2, 0.25) is 11.8 Å². The largest absolute Gasteiger partial charge is 0.352 e. The number of nitrogens with zero attached hydrogens (tertiary/aromatic N) is 3. The maximum absolute atomic E-state index is 13.0. The van der Waals surface area contributed by atoms with Gasteiger partial charge in [0, 0.05) is 26.6 Å². The fourth-order valence-electron chi connectivity index (χ4n) is 3.97. The summed E-state index contributed by atoms with van der Waals surface area (Å²) in [5.74, 6) is -0.0215. The van der Waals surface area contributed by atoms with Gasteiger partial charge < -0.3 is 10.2 Å². The number of carbonyl (C=O) groups is 2. The predicted molar refractivity (Wildman–Crippen MR) is 103 cm³/mol. The minimum Gasteiger partial charge on any atom is -0.352 e. The average molecular weight is 375 g/mol. The van der Waals surface area contributed by atoms with Crippen LogP contribution in [0.25, 0.3) is 11.0 Å². The lowest BCUT2D eigenvalue weighted by atomic mass is 9.65. The van der Waals surface area contributed by atoms with Crippen LogP contribution in [0.1, 0.15) is 39.2 Å². The van der Waals surface area contributed by atoms with Crippen molar-refractivity contribution in [2.24, 2.45) is 16.7 Å². The third-order valence-electron chi connectivity index (χ3n) is 6.24. The SMILES string of the molecule is CN(C)C(=O)[C@@H]1CC[C@](C)(C(=O)NCc2ccc3nsnc3c2)C1(C)C. The molecule has 1 heterocycles. The van der Waals surface area contributed by atoms with E-state index in [1.54, 1.807) is 19.0 Å². The van der Waals surface area contributed by atoms with Gasteiger partial charge in [0.25, 0.3) is 0 Å². The van der Waals surface area contributed by atoms with E-state index in [-0.39, 0.29) is 17.7 Å². The van der Waals surface area contributed by atoms with Crippen LogP contribution in [0.2, 0.25) is 0 Å². The molecule has 2 aromatic rings. The molecule has 1 saturated carbocycles. The van der Waals surface area contributed by atoms with E-state index in [4.69, 9.17) is 0 Å². The fourth-order valence-corrected chi connectivity index (χ4v) is 4.48. The van der Waals surface area contributed by atoms with Gasteiger partial charge in [0.05, 0.1) is 17.1 Å². The molecular weight excluding hydrogens is 348 g/mol. The summed E-state index contributed by atoms with van der Waals surface area (Å²) < 4.78 is 8.44.